The predicted octanol–water partition coefficient (Wildman–Crippen LogP) is 1.85. The van der Waals surface area contributed by atoms with Crippen LogP contribution in [0.5, 0.6) is 0 Å². The minimum absolute atomic E-state index is 0.115. The van der Waals surface area contributed by atoms with Crippen LogP contribution in [-0.2, 0) is 17.4 Å². The molecule has 1 amide bonds. The van der Waals surface area contributed by atoms with Crippen LogP contribution in [0.25, 0.3) is 5.69 Å². The van der Waals surface area contributed by atoms with Crippen molar-refractivity contribution in [2.45, 2.75) is 12.6 Å². The summed E-state index contributed by atoms with van der Waals surface area (Å²) < 4.78 is 40.1. The summed E-state index contributed by atoms with van der Waals surface area (Å²) in [5.41, 5.74) is 0.699. The van der Waals surface area contributed by atoms with E-state index < -0.39 is 11.7 Å². The van der Waals surface area contributed by atoms with Crippen molar-refractivity contribution >= 4 is 11.7 Å². The van der Waals surface area contributed by atoms with E-state index in [-0.39, 0.29) is 31.2 Å². The van der Waals surface area contributed by atoms with E-state index in [0.717, 1.165) is 17.3 Å². The molecule has 146 valence electrons. The molecule has 0 aliphatic carbocycles. The van der Waals surface area contributed by atoms with Gasteiger partial charge in [-0.3, -0.25) is 4.79 Å². The molecule has 0 saturated carbocycles. The number of nitrogens with zero attached hydrogens (tertiary/aromatic N) is 5. The first kappa shape index (κ1) is 19.3. The summed E-state index contributed by atoms with van der Waals surface area (Å²) in [6.45, 7) is 0.277. The van der Waals surface area contributed by atoms with Crippen LogP contribution in [0.15, 0.2) is 48.9 Å². The van der Waals surface area contributed by atoms with Gasteiger partial charge in [0.05, 0.1) is 17.7 Å². The minimum Gasteiger partial charge on any atom is -0.368 e. The molecule has 1 aromatic carbocycles. The summed E-state index contributed by atoms with van der Waals surface area (Å²) in [6.07, 6.45) is -1.61. The molecular formula is C17H16F3N7O. The van der Waals surface area contributed by atoms with E-state index in [1.54, 1.807) is 24.3 Å². The zero-order valence-electron chi connectivity index (χ0n) is 14.5. The average molecular weight is 391 g/mol. The fourth-order valence-electron chi connectivity index (χ4n) is 2.45. The standard InChI is InChI=1S/C17H16F3N7O/c18-17(19,20)14-2-1-7-22-16(14)23-9-8-21-15(28)10-12-3-5-13(6-4-12)27-11-24-25-26-27/h1-7,11H,8-10H2,(H,21,28)(H,22,23). The van der Waals surface area contributed by atoms with Gasteiger partial charge in [0.25, 0.3) is 0 Å². The molecule has 28 heavy (non-hydrogen) atoms. The van der Waals surface area contributed by atoms with E-state index >= 15 is 0 Å². The highest BCUT2D eigenvalue weighted by molar-refractivity contribution is 5.78. The molecule has 0 fully saturated rings. The van der Waals surface area contributed by atoms with Crippen LogP contribution in [0.3, 0.4) is 0 Å². The Kier molecular flexibility index (Phi) is 5.82. The molecule has 0 aliphatic rings. The van der Waals surface area contributed by atoms with E-state index in [2.05, 4.69) is 31.1 Å². The number of halogens is 3. The Morgan fingerprint density at radius 3 is 2.57 bits per heavy atom. The molecule has 0 saturated heterocycles. The Labute approximate surface area is 157 Å². The van der Waals surface area contributed by atoms with Gasteiger partial charge in [0.1, 0.15) is 12.1 Å². The van der Waals surface area contributed by atoms with Gasteiger partial charge >= 0.3 is 6.18 Å². The average Bonchev–Trinajstić information content (AvgIpc) is 3.20. The number of alkyl halides is 3. The van der Waals surface area contributed by atoms with Crippen molar-refractivity contribution in [3.8, 4) is 5.69 Å². The van der Waals surface area contributed by atoms with E-state index in [1.807, 2.05) is 0 Å². The molecule has 2 N–H and O–H groups in total. The Balaban J connectivity index is 1.45. The quantitative estimate of drug-likeness (QED) is 0.597. The topological polar surface area (TPSA) is 97.6 Å². The third-order valence-corrected chi connectivity index (χ3v) is 3.77. The predicted molar refractivity (Wildman–Crippen MR) is 93.6 cm³/mol. The monoisotopic (exact) mass is 391 g/mol. The zero-order valence-corrected chi connectivity index (χ0v) is 14.5. The lowest BCUT2D eigenvalue weighted by molar-refractivity contribution is -0.137. The number of anilines is 1. The van der Waals surface area contributed by atoms with Crippen molar-refractivity contribution in [3.05, 3.63) is 60.0 Å². The first-order valence-corrected chi connectivity index (χ1v) is 8.28. The number of aromatic nitrogens is 5. The highest BCUT2D eigenvalue weighted by Crippen LogP contribution is 2.33. The second-order valence-corrected chi connectivity index (χ2v) is 5.77. The van der Waals surface area contributed by atoms with Crippen molar-refractivity contribution < 1.29 is 18.0 Å². The molecule has 2 heterocycles. The lowest BCUT2D eigenvalue weighted by Crippen LogP contribution is -2.30. The largest absolute Gasteiger partial charge is 0.419 e. The number of benzene rings is 1. The summed E-state index contributed by atoms with van der Waals surface area (Å²) in [5, 5.41) is 16.1. The SMILES string of the molecule is O=C(Cc1ccc(-n2cnnn2)cc1)NCCNc1ncccc1C(F)(F)F. The number of carbonyl (C=O) groups is 1. The first-order chi connectivity index (χ1) is 13.4. The highest BCUT2D eigenvalue weighted by Gasteiger charge is 2.33. The number of nitrogens with one attached hydrogen (secondary N) is 2. The van der Waals surface area contributed by atoms with Crippen LogP contribution >= 0.6 is 0 Å². The summed E-state index contributed by atoms with van der Waals surface area (Å²) in [6, 6.07) is 9.28. The second-order valence-electron chi connectivity index (χ2n) is 5.77. The summed E-state index contributed by atoms with van der Waals surface area (Å²) in [5.74, 6) is -0.503. The van der Waals surface area contributed by atoms with Gasteiger partial charge < -0.3 is 10.6 Å². The number of tetrazole rings is 1. The zero-order chi connectivity index (χ0) is 20.0. The van der Waals surface area contributed by atoms with Gasteiger partial charge in [-0.15, -0.1) is 5.10 Å². The molecule has 8 nitrogen and oxygen atoms in total. The lowest BCUT2D eigenvalue weighted by atomic mass is 10.1. The van der Waals surface area contributed by atoms with E-state index in [0.29, 0.717) is 0 Å². The van der Waals surface area contributed by atoms with E-state index in [1.165, 1.54) is 23.3 Å². The third kappa shape index (κ3) is 5.02. The van der Waals surface area contributed by atoms with Crippen molar-refractivity contribution in [1.29, 1.82) is 0 Å². The number of hydrogen-bond donors (Lipinski definition) is 2. The molecule has 0 atom stereocenters. The number of hydrogen-bond acceptors (Lipinski definition) is 6. The van der Waals surface area contributed by atoms with Crippen LogP contribution in [0.2, 0.25) is 0 Å². The van der Waals surface area contributed by atoms with E-state index in [9.17, 15) is 18.0 Å². The van der Waals surface area contributed by atoms with Crippen molar-refractivity contribution in [1.82, 2.24) is 30.5 Å². The molecule has 2 aromatic heterocycles. The van der Waals surface area contributed by atoms with Crippen LogP contribution in [-0.4, -0.2) is 44.2 Å². The Morgan fingerprint density at radius 1 is 1.11 bits per heavy atom. The molecule has 0 unspecified atom stereocenters. The smallest absolute Gasteiger partial charge is 0.368 e. The lowest BCUT2D eigenvalue weighted by Gasteiger charge is -2.13. The van der Waals surface area contributed by atoms with Crippen molar-refractivity contribution in [2.75, 3.05) is 18.4 Å². The molecule has 3 aromatic rings. The molecule has 0 bridgehead atoms. The molecule has 0 spiro atoms. The van der Waals surface area contributed by atoms with Gasteiger partial charge in [-0.1, -0.05) is 12.1 Å². The summed E-state index contributed by atoms with van der Waals surface area (Å²) in [7, 11) is 0. The third-order valence-electron chi connectivity index (χ3n) is 3.77. The van der Waals surface area contributed by atoms with Crippen LogP contribution in [0, 0.1) is 0 Å². The van der Waals surface area contributed by atoms with E-state index in [4.69, 9.17) is 0 Å². The van der Waals surface area contributed by atoms with Gasteiger partial charge in [0.2, 0.25) is 5.91 Å². The highest BCUT2D eigenvalue weighted by atomic mass is 19.4. The Bertz CT molecular complexity index is 911. The second kappa shape index (κ2) is 8.46. The van der Waals surface area contributed by atoms with Gasteiger partial charge in [0, 0.05) is 19.3 Å². The van der Waals surface area contributed by atoms with Crippen molar-refractivity contribution in [2.24, 2.45) is 0 Å². The maximum atomic E-state index is 12.9. The number of amides is 1. The molecule has 0 radical (unpaired) electrons. The van der Waals surface area contributed by atoms with Gasteiger partial charge in [-0.05, 0) is 40.3 Å². The summed E-state index contributed by atoms with van der Waals surface area (Å²) >= 11 is 0. The fourth-order valence-corrected chi connectivity index (χ4v) is 2.45. The number of rotatable bonds is 7. The number of pyridine rings is 1. The fraction of sp³-hybridized carbons (Fsp3) is 0.235. The van der Waals surface area contributed by atoms with Gasteiger partial charge in [0.15, 0.2) is 0 Å². The Morgan fingerprint density at radius 2 is 1.89 bits per heavy atom. The maximum Gasteiger partial charge on any atom is 0.419 e. The van der Waals surface area contributed by atoms with Crippen LogP contribution < -0.4 is 10.6 Å². The van der Waals surface area contributed by atoms with Crippen molar-refractivity contribution in [3.63, 3.8) is 0 Å². The minimum atomic E-state index is -4.49. The molecule has 0 aliphatic heterocycles. The normalized spacial score (nSPS) is 11.2. The molecular weight excluding hydrogens is 375 g/mol. The van der Waals surface area contributed by atoms with Crippen LogP contribution in [0.4, 0.5) is 19.0 Å². The van der Waals surface area contributed by atoms with Gasteiger partial charge in [-0.2, -0.15) is 13.2 Å². The molecule has 11 heteroatoms. The van der Waals surface area contributed by atoms with Gasteiger partial charge in [-0.25, -0.2) is 9.67 Å². The number of carbonyl (C=O) groups excluding carboxylic acids is 1. The van der Waals surface area contributed by atoms with Crippen LogP contribution in [0.1, 0.15) is 11.1 Å². The molecule has 3 rings (SSSR count). The maximum absolute atomic E-state index is 12.9. The Hall–Kier alpha value is -3.50. The first-order valence-electron chi connectivity index (χ1n) is 8.28. The summed E-state index contributed by atoms with van der Waals surface area (Å²) in [4.78, 5) is 15.7.